The number of aliphatic carboxylic acids is 1. The fourth-order valence-corrected chi connectivity index (χ4v) is 0.818. The van der Waals surface area contributed by atoms with Gasteiger partial charge in [-0.2, -0.15) is 5.10 Å². The van der Waals surface area contributed by atoms with E-state index < -0.39 is 10.9 Å². The lowest BCUT2D eigenvalue weighted by molar-refractivity contribution is -0.384. The Bertz CT molecular complexity index is 457. The Hall–Kier alpha value is -2.51. The molecular weight excluding hydrogens is 216 g/mol. The van der Waals surface area contributed by atoms with Crippen molar-refractivity contribution < 1.29 is 14.8 Å². The Balaban J connectivity index is 2.94. The standard InChI is InChI=1S/C8H8N4O4/c1-5(8(13)14)10-11-6-2-3-9-4-7(6)12(15)16/h2-4H,1H3,(H,9,11)(H,13,14)/b10-5+. The minimum atomic E-state index is -1.20. The van der Waals surface area contributed by atoms with Gasteiger partial charge in [0.2, 0.25) is 0 Å². The van der Waals surface area contributed by atoms with E-state index in [2.05, 4.69) is 15.5 Å². The predicted octanol–water partition coefficient (Wildman–Crippen LogP) is 0.862. The summed E-state index contributed by atoms with van der Waals surface area (Å²) < 4.78 is 0. The Morgan fingerprint density at radius 3 is 2.94 bits per heavy atom. The van der Waals surface area contributed by atoms with Crippen LogP contribution >= 0.6 is 0 Å². The van der Waals surface area contributed by atoms with Gasteiger partial charge in [0.05, 0.1) is 4.92 Å². The third kappa shape index (κ3) is 2.74. The van der Waals surface area contributed by atoms with E-state index in [4.69, 9.17) is 5.11 Å². The molecule has 0 saturated heterocycles. The van der Waals surface area contributed by atoms with Gasteiger partial charge >= 0.3 is 11.7 Å². The topological polar surface area (TPSA) is 118 Å². The number of pyridine rings is 1. The lowest BCUT2D eigenvalue weighted by atomic mass is 10.3. The molecule has 0 saturated carbocycles. The summed E-state index contributed by atoms with van der Waals surface area (Å²) in [5.41, 5.74) is 1.91. The molecule has 1 rings (SSSR count). The number of nitrogens with one attached hydrogen (secondary N) is 1. The number of carbonyl (C=O) groups is 1. The molecule has 0 radical (unpaired) electrons. The molecule has 0 aromatic carbocycles. The van der Waals surface area contributed by atoms with Gasteiger partial charge in [-0.05, 0) is 13.0 Å². The number of anilines is 1. The highest BCUT2D eigenvalue weighted by atomic mass is 16.6. The van der Waals surface area contributed by atoms with Crippen LogP contribution in [0.4, 0.5) is 11.4 Å². The van der Waals surface area contributed by atoms with Gasteiger partial charge in [0.15, 0.2) is 0 Å². The van der Waals surface area contributed by atoms with Gasteiger partial charge in [0.1, 0.15) is 17.6 Å². The van der Waals surface area contributed by atoms with Crippen LogP contribution in [0.25, 0.3) is 0 Å². The van der Waals surface area contributed by atoms with Gasteiger partial charge in [0.25, 0.3) is 0 Å². The normalized spacial score (nSPS) is 10.9. The Morgan fingerprint density at radius 1 is 1.69 bits per heavy atom. The first-order chi connectivity index (χ1) is 7.52. The molecule has 84 valence electrons. The van der Waals surface area contributed by atoms with Crippen molar-refractivity contribution in [2.75, 3.05) is 5.43 Å². The maximum absolute atomic E-state index is 10.6. The molecule has 0 aliphatic rings. The highest BCUT2D eigenvalue weighted by Crippen LogP contribution is 2.21. The first kappa shape index (κ1) is 11.6. The van der Waals surface area contributed by atoms with E-state index in [1.54, 1.807) is 0 Å². The van der Waals surface area contributed by atoms with Crippen LogP contribution in [0, 0.1) is 10.1 Å². The van der Waals surface area contributed by atoms with Crippen LogP contribution in [-0.2, 0) is 4.79 Å². The van der Waals surface area contributed by atoms with Crippen LogP contribution in [0.15, 0.2) is 23.6 Å². The molecule has 0 spiro atoms. The average molecular weight is 224 g/mol. The second-order valence-electron chi connectivity index (χ2n) is 2.76. The van der Waals surface area contributed by atoms with Gasteiger partial charge in [-0.15, -0.1) is 0 Å². The first-order valence-electron chi connectivity index (χ1n) is 4.14. The van der Waals surface area contributed by atoms with Crippen molar-refractivity contribution in [1.82, 2.24) is 4.98 Å². The summed E-state index contributed by atoms with van der Waals surface area (Å²) in [6, 6.07) is 1.33. The van der Waals surface area contributed by atoms with E-state index in [1.165, 1.54) is 19.2 Å². The van der Waals surface area contributed by atoms with Crippen molar-refractivity contribution in [2.45, 2.75) is 6.92 Å². The third-order valence-electron chi connectivity index (χ3n) is 1.65. The fourth-order valence-electron chi connectivity index (χ4n) is 0.818. The summed E-state index contributed by atoms with van der Waals surface area (Å²) in [4.78, 5) is 23.9. The smallest absolute Gasteiger partial charge is 0.351 e. The number of hydrogen-bond acceptors (Lipinski definition) is 6. The molecule has 2 N–H and O–H groups in total. The van der Waals surface area contributed by atoms with Crippen LogP contribution in [0.2, 0.25) is 0 Å². The first-order valence-corrected chi connectivity index (χ1v) is 4.14. The molecule has 8 heteroatoms. The van der Waals surface area contributed by atoms with E-state index in [1.807, 2.05) is 0 Å². The maximum Gasteiger partial charge on any atom is 0.351 e. The van der Waals surface area contributed by atoms with Crippen LogP contribution in [-0.4, -0.2) is 26.7 Å². The van der Waals surface area contributed by atoms with Crippen LogP contribution in [0.3, 0.4) is 0 Å². The number of hydrazone groups is 1. The third-order valence-corrected chi connectivity index (χ3v) is 1.65. The zero-order valence-corrected chi connectivity index (χ0v) is 8.25. The largest absolute Gasteiger partial charge is 0.477 e. The zero-order chi connectivity index (χ0) is 12.1. The number of aromatic nitrogens is 1. The molecule has 0 aliphatic heterocycles. The molecule has 0 fully saturated rings. The highest BCUT2D eigenvalue weighted by molar-refractivity contribution is 6.34. The van der Waals surface area contributed by atoms with Crippen molar-refractivity contribution in [3.8, 4) is 0 Å². The quantitative estimate of drug-likeness (QED) is 0.445. The minimum Gasteiger partial charge on any atom is -0.477 e. The van der Waals surface area contributed by atoms with Gasteiger partial charge < -0.3 is 5.11 Å². The van der Waals surface area contributed by atoms with E-state index in [0.29, 0.717) is 0 Å². The summed E-state index contributed by atoms with van der Waals surface area (Å²) in [7, 11) is 0. The monoisotopic (exact) mass is 224 g/mol. The van der Waals surface area contributed by atoms with Gasteiger partial charge in [-0.1, -0.05) is 0 Å². The predicted molar refractivity (Wildman–Crippen MR) is 55.3 cm³/mol. The minimum absolute atomic E-state index is 0.0839. The maximum atomic E-state index is 10.6. The van der Waals surface area contributed by atoms with Crippen molar-refractivity contribution in [1.29, 1.82) is 0 Å². The molecule has 16 heavy (non-hydrogen) atoms. The summed E-state index contributed by atoms with van der Waals surface area (Å²) in [6.07, 6.45) is 2.38. The molecule has 0 unspecified atom stereocenters. The zero-order valence-electron chi connectivity index (χ0n) is 8.25. The Kier molecular flexibility index (Phi) is 3.49. The molecule has 0 atom stereocenters. The Morgan fingerprint density at radius 2 is 2.38 bits per heavy atom. The summed E-state index contributed by atoms with van der Waals surface area (Å²) in [5.74, 6) is -1.20. The molecule has 0 bridgehead atoms. The van der Waals surface area contributed by atoms with Crippen molar-refractivity contribution in [3.05, 3.63) is 28.6 Å². The molecule has 0 amide bonds. The van der Waals surface area contributed by atoms with Crippen molar-refractivity contribution >= 4 is 23.1 Å². The number of nitrogens with zero attached hydrogens (tertiary/aromatic N) is 3. The van der Waals surface area contributed by atoms with E-state index in [9.17, 15) is 14.9 Å². The van der Waals surface area contributed by atoms with Crippen LogP contribution in [0.5, 0.6) is 0 Å². The second kappa shape index (κ2) is 4.82. The lowest BCUT2D eigenvalue weighted by Gasteiger charge is -2.01. The number of hydrogen-bond donors (Lipinski definition) is 2. The van der Waals surface area contributed by atoms with Gasteiger partial charge in [-0.25, -0.2) is 4.79 Å². The molecule has 1 aromatic rings. The number of rotatable bonds is 4. The van der Waals surface area contributed by atoms with Crippen molar-refractivity contribution in [3.63, 3.8) is 0 Å². The molecule has 1 aromatic heterocycles. The Labute approximate surface area is 89.8 Å². The number of carboxylic acid groups (broad SMARTS) is 1. The summed E-state index contributed by atoms with van der Waals surface area (Å²) in [5, 5.41) is 22.6. The molecule has 0 aliphatic carbocycles. The van der Waals surface area contributed by atoms with E-state index in [0.717, 1.165) is 6.20 Å². The number of carboxylic acids is 1. The molecule has 1 heterocycles. The highest BCUT2D eigenvalue weighted by Gasteiger charge is 2.12. The average Bonchev–Trinajstić information content (AvgIpc) is 2.25. The lowest BCUT2D eigenvalue weighted by Crippen LogP contribution is -2.10. The van der Waals surface area contributed by atoms with Gasteiger partial charge in [0, 0.05) is 6.20 Å². The summed E-state index contributed by atoms with van der Waals surface area (Å²) >= 11 is 0. The van der Waals surface area contributed by atoms with Gasteiger partial charge in [-0.3, -0.25) is 20.5 Å². The van der Waals surface area contributed by atoms with E-state index in [-0.39, 0.29) is 17.1 Å². The van der Waals surface area contributed by atoms with Crippen LogP contribution < -0.4 is 5.43 Å². The molecular formula is C8H8N4O4. The van der Waals surface area contributed by atoms with Crippen molar-refractivity contribution in [2.24, 2.45) is 5.10 Å². The second-order valence-corrected chi connectivity index (χ2v) is 2.76. The SMILES string of the molecule is C/C(=N\Nc1ccncc1[N+](=O)[O-])C(=O)O. The van der Waals surface area contributed by atoms with Crippen LogP contribution in [0.1, 0.15) is 6.92 Å². The fraction of sp³-hybridized carbons (Fsp3) is 0.125. The van der Waals surface area contributed by atoms with E-state index >= 15 is 0 Å². The number of nitro groups is 1. The summed E-state index contributed by atoms with van der Waals surface area (Å²) in [6.45, 7) is 1.27. The molecule has 8 nitrogen and oxygen atoms in total.